The Bertz CT molecular complexity index is 433. The number of nitrogens with zero attached hydrogens (tertiary/aromatic N) is 2. The molecule has 0 saturated carbocycles. The van der Waals surface area contributed by atoms with E-state index in [2.05, 4.69) is 4.90 Å². The first-order valence-electron chi connectivity index (χ1n) is 5.96. The average Bonchev–Trinajstić information content (AvgIpc) is 2.82. The summed E-state index contributed by atoms with van der Waals surface area (Å²) in [7, 11) is 0. The van der Waals surface area contributed by atoms with Crippen LogP contribution in [0.4, 0.5) is 10.1 Å². The zero-order valence-corrected chi connectivity index (χ0v) is 9.97. The van der Waals surface area contributed by atoms with Crippen LogP contribution in [0.15, 0.2) is 18.2 Å². The van der Waals surface area contributed by atoms with Crippen molar-refractivity contribution in [2.75, 3.05) is 26.2 Å². The molecule has 1 heterocycles. The van der Waals surface area contributed by atoms with Gasteiger partial charge in [-0.2, -0.15) is 0 Å². The van der Waals surface area contributed by atoms with Crippen LogP contribution in [0.25, 0.3) is 0 Å². The molecule has 5 nitrogen and oxygen atoms in total. The second-order valence-corrected chi connectivity index (χ2v) is 4.27. The second-order valence-electron chi connectivity index (χ2n) is 4.27. The Balaban J connectivity index is 1.94. The SMILES string of the molecule is O=[N+]([O-])c1ccc(F)cc1OCCN1CCCC1. The quantitative estimate of drug-likeness (QED) is 0.597. The predicted molar refractivity (Wildman–Crippen MR) is 64.2 cm³/mol. The Morgan fingerprint density at radius 3 is 2.78 bits per heavy atom. The van der Waals surface area contributed by atoms with Crippen LogP contribution in [0, 0.1) is 15.9 Å². The monoisotopic (exact) mass is 254 g/mol. The third-order valence-corrected chi connectivity index (χ3v) is 2.98. The van der Waals surface area contributed by atoms with Crippen LogP contribution in [0.3, 0.4) is 0 Å². The molecule has 1 aliphatic rings. The van der Waals surface area contributed by atoms with Crippen LogP contribution in [0.5, 0.6) is 5.75 Å². The van der Waals surface area contributed by atoms with Crippen LogP contribution >= 0.6 is 0 Å². The molecular weight excluding hydrogens is 239 g/mol. The van der Waals surface area contributed by atoms with Gasteiger partial charge in [0.1, 0.15) is 12.4 Å². The van der Waals surface area contributed by atoms with Gasteiger partial charge in [-0.3, -0.25) is 15.0 Å². The lowest BCUT2D eigenvalue weighted by Crippen LogP contribution is -2.25. The highest BCUT2D eigenvalue weighted by Gasteiger charge is 2.17. The average molecular weight is 254 g/mol. The minimum absolute atomic E-state index is 0.000744. The van der Waals surface area contributed by atoms with Crippen LogP contribution < -0.4 is 4.74 Å². The molecule has 1 saturated heterocycles. The number of nitro groups is 1. The van der Waals surface area contributed by atoms with E-state index in [1.807, 2.05) is 0 Å². The number of ether oxygens (including phenoxy) is 1. The summed E-state index contributed by atoms with van der Waals surface area (Å²) in [5, 5.41) is 10.7. The maximum atomic E-state index is 13.0. The molecule has 1 aliphatic heterocycles. The first-order valence-corrected chi connectivity index (χ1v) is 5.96. The molecule has 0 aromatic heterocycles. The highest BCUT2D eigenvalue weighted by molar-refractivity contribution is 5.46. The summed E-state index contributed by atoms with van der Waals surface area (Å²) in [4.78, 5) is 12.4. The molecule has 2 rings (SSSR count). The van der Waals surface area contributed by atoms with Crippen molar-refractivity contribution in [2.45, 2.75) is 12.8 Å². The molecule has 6 heteroatoms. The van der Waals surface area contributed by atoms with E-state index in [0.29, 0.717) is 13.2 Å². The summed E-state index contributed by atoms with van der Waals surface area (Å²) in [5.41, 5.74) is -0.196. The fourth-order valence-corrected chi connectivity index (χ4v) is 2.05. The Hall–Kier alpha value is -1.69. The van der Waals surface area contributed by atoms with Gasteiger partial charge in [-0.05, 0) is 32.0 Å². The van der Waals surface area contributed by atoms with E-state index in [0.717, 1.165) is 31.3 Å². The molecule has 0 atom stereocenters. The van der Waals surface area contributed by atoms with E-state index in [1.54, 1.807) is 0 Å². The minimum atomic E-state index is -0.565. The fourth-order valence-electron chi connectivity index (χ4n) is 2.05. The molecule has 0 spiro atoms. The first kappa shape index (κ1) is 12.8. The van der Waals surface area contributed by atoms with Crippen molar-refractivity contribution >= 4 is 5.69 Å². The summed E-state index contributed by atoms with van der Waals surface area (Å²) in [6.45, 7) is 3.13. The summed E-state index contributed by atoms with van der Waals surface area (Å²) in [6, 6.07) is 3.24. The van der Waals surface area contributed by atoms with Crippen molar-refractivity contribution in [1.82, 2.24) is 4.90 Å². The highest BCUT2D eigenvalue weighted by Crippen LogP contribution is 2.27. The Morgan fingerprint density at radius 2 is 2.11 bits per heavy atom. The maximum absolute atomic E-state index is 13.0. The second kappa shape index (κ2) is 5.77. The van der Waals surface area contributed by atoms with Gasteiger partial charge < -0.3 is 4.74 Å². The van der Waals surface area contributed by atoms with Gasteiger partial charge in [0.05, 0.1) is 4.92 Å². The number of benzene rings is 1. The van der Waals surface area contributed by atoms with Gasteiger partial charge in [-0.25, -0.2) is 4.39 Å². The van der Waals surface area contributed by atoms with E-state index in [-0.39, 0.29) is 11.4 Å². The van der Waals surface area contributed by atoms with Gasteiger partial charge in [0.2, 0.25) is 0 Å². The number of nitro benzene ring substituents is 1. The smallest absolute Gasteiger partial charge is 0.311 e. The Morgan fingerprint density at radius 1 is 1.39 bits per heavy atom. The zero-order valence-electron chi connectivity index (χ0n) is 9.97. The zero-order chi connectivity index (χ0) is 13.0. The molecule has 0 amide bonds. The molecule has 1 fully saturated rings. The largest absolute Gasteiger partial charge is 0.485 e. The third kappa shape index (κ3) is 3.16. The van der Waals surface area contributed by atoms with Crippen LogP contribution in [-0.4, -0.2) is 36.1 Å². The summed E-state index contributed by atoms with van der Waals surface area (Å²) in [5.74, 6) is -0.532. The van der Waals surface area contributed by atoms with Gasteiger partial charge in [-0.15, -0.1) is 0 Å². The maximum Gasteiger partial charge on any atom is 0.311 e. The van der Waals surface area contributed by atoms with Crippen molar-refractivity contribution in [2.24, 2.45) is 0 Å². The van der Waals surface area contributed by atoms with Gasteiger partial charge in [0.15, 0.2) is 5.75 Å². The van der Waals surface area contributed by atoms with Crippen LogP contribution in [0.2, 0.25) is 0 Å². The minimum Gasteiger partial charge on any atom is -0.485 e. The van der Waals surface area contributed by atoms with E-state index in [1.165, 1.54) is 12.8 Å². The standard InChI is InChI=1S/C12H15FN2O3/c13-10-3-4-11(15(16)17)12(9-10)18-8-7-14-5-1-2-6-14/h3-4,9H,1-2,5-8H2. The van der Waals surface area contributed by atoms with E-state index in [9.17, 15) is 14.5 Å². The number of likely N-dealkylation sites (tertiary alicyclic amines) is 1. The lowest BCUT2D eigenvalue weighted by Gasteiger charge is -2.14. The molecule has 18 heavy (non-hydrogen) atoms. The summed E-state index contributed by atoms with van der Waals surface area (Å²) < 4.78 is 18.3. The number of halogens is 1. The number of rotatable bonds is 5. The number of hydrogen-bond acceptors (Lipinski definition) is 4. The molecule has 1 aromatic rings. The van der Waals surface area contributed by atoms with Crippen LogP contribution in [0.1, 0.15) is 12.8 Å². The highest BCUT2D eigenvalue weighted by atomic mass is 19.1. The van der Waals surface area contributed by atoms with E-state index >= 15 is 0 Å². The molecule has 1 aromatic carbocycles. The normalized spacial score (nSPS) is 15.8. The topological polar surface area (TPSA) is 55.6 Å². The van der Waals surface area contributed by atoms with Gasteiger partial charge >= 0.3 is 5.69 Å². The lowest BCUT2D eigenvalue weighted by atomic mass is 10.3. The van der Waals surface area contributed by atoms with E-state index in [4.69, 9.17) is 4.74 Å². The van der Waals surface area contributed by atoms with Crippen molar-refractivity contribution in [3.8, 4) is 5.75 Å². The molecule has 98 valence electrons. The molecular formula is C12H15FN2O3. The molecule has 0 aliphatic carbocycles. The van der Waals surface area contributed by atoms with Crippen LogP contribution in [-0.2, 0) is 0 Å². The first-order chi connectivity index (χ1) is 8.66. The van der Waals surface area contributed by atoms with Gasteiger partial charge in [-0.1, -0.05) is 0 Å². The predicted octanol–water partition coefficient (Wildman–Crippen LogP) is 2.21. The van der Waals surface area contributed by atoms with E-state index < -0.39 is 10.7 Å². The number of hydrogen-bond donors (Lipinski definition) is 0. The molecule has 0 unspecified atom stereocenters. The molecule has 0 bridgehead atoms. The van der Waals surface area contributed by atoms with Crippen molar-refractivity contribution in [3.05, 3.63) is 34.1 Å². The summed E-state index contributed by atoms with van der Waals surface area (Å²) >= 11 is 0. The fraction of sp³-hybridized carbons (Fsp3) is 0.500. The van der Waals surface area contributed by atoms with Gasteiger partial charge in [0.25, 0.3) is 0 Å². The molecule has 0 N–H and O–H groups in total. The lowest BCUT2D eigenvalue weighted by molar-refractivity contribution is -0.385. The van der Waals surface area contributed by atoms with Crippen molar-refractivity contribution < 1.29 is 14.1 Å². The third-order valence-electron chi connectivity index (χ3n) is 2.98. The Kier molecular flexibility index (Phi) is 4.09. The van der Waals surface area contributed by atoms with Crippen molar-refractivity contribution in [1.29, 1.82) is 0 Å². The molecule has 0 radical (unpaired) electrons. The van der Waals surface area contributed by atoms with Crippen molar-refractivity contribution in [3.63, 3.8) is 0 Å². The van der Waals surface area contributed by atoms with Gasteiger partial charge in [0, 0.05) is 18.7 Å². The summed E-state index contributed by atoms with van der Waals surface area (Å²) in [6.07, 6.45) is 2.36. The Labute approximate surface area is 104 Å².